The molecule has 1 aromatic rings. The highest BCUT2D eigenvalue weighted by molar-refractivity contribution is 7.09. The topological polar surface area (TPSA) is 12.9 Å². The predicted octanol–water partition coefficient (Wildman–Crippen LogP) is 1.22. The molecule has 0 fully saturated rings. The van der Waals surface area contributed by atoms with Crippen molar-refractivity contribution in [2.45, 2.75) is 13.8 Å². The van der Waals surface area contributed by atoms with Crippen molar-refractivity contribution in [2.24, 2.45) is 0 Å². The molecule has 0 saturated carbocycles. The largest absolute Gasteiger partial charge is 0.242 e. The first-order chi connectivity index (χ1) is 5.24. The number of rotatable bonds is 1. The van der Waals surface area contributed by atoms with Crippen LogP contribution in [-0.2, 0) is 0 Å². The smallest absolute Gasteiger partial charge is 0.0907 e. The summed E-state index contributed by atoms with van der Waals surface area (Å²) in [6.45, 7) is 7.86. The van der Waals surface area contributed by atoms with Crippen LogP contribution < -0.4 is 9.88 Å². The normalized spacial score (nSPS) is 13.1. The van der Waals surface area contributed by atoms with Crippen LogP contribution in [0.4, 0.5) is 0 Å². The molecule has 2 heteroatoms. The van der Waals surface area contributed by atoms with Gasteiger partial charge in [0.2, 0.25) is 0 Å². The van der Waals surface area contributed by atoms with Crippen molar-refractivity contribution in [3.63, 3.8) is 0 Å². The van der Waals surface area contributed by atoms with E-state index in [9.17, 15) is 0 Å². The van der Waals surface area contributed by atoms with Crippen molar-refractivity contribution in [1.29, 1.82) is 0 Å². The van der Waals surface area contributed by atoms with E-state index in [4.69, 9.17) is 0 Å². The van der Waals surface area contributed by atoms with Crippen LogP contribution in [-0.4, -0.2) is 4.98 Å². The highest BCUT2D eigenvalue weighted by Crippen LogP contribution is 1.88. The summed E-state index contributed by atoms with van der Waals surface area (Å²) in [5.41, 5.74) is 0. The predicted molar refractivity (Wildman–Crippen MR) is 50.9 cm³/mol. The molecule has 0 aliphatic heterocycles. The first-order valence-corrected chi connectivity index (χ1v) is 4.31. The zero-order valence-corrected chi connectivity index (χ0v) is 7.61. The summed E-state index contributed by atoms with van der Waals surface area (Å²) < 4.78 is 1.04. The quantitative estimate of drug-likeness (QED) is 0.609. The minimum Gasteiger partial charge on any atom is -0.242 e. The number of aromatic nitrogens is 1. The molecular weight excluding hydrogens is 154 g/mol. The third kappa shape index (κ3) is 2.02. The van der Waals surface area contributed by atoms with Gasteiger partial charge in [-0.15, -0.1) is 11.3 Å². The fourth-order valence-corrected chi connectivity index (χ4v) is 1.52. The average molecular weight is 165 g/mol. The number of thiazole rings is 1. The first kappa shape index (κ1) is 8.21. The van der Waals surface area contributed by atoms with E-state index in [1.54, 1.807) is 11.3 Å². The van der Waals surface area contributed by atoms with Gasteiger partial charge in [-0.05, 0) is 19.9 Å². The summed E-state index contributed by atoms with van der Waals surface area (Å²) in [6, 6.07) is 0. The molecule has 0 N–H and O–H groups in total. The summed E-state index contributed by atoms with van der Waals surface area (Å²) in [6.07, 6.45) is 5.93. The number of nitrogens with zero attached hydrogens (tertiary/aromatic N) is 1. The Morgan fingerprint density at radius 2 is 2.27 bits per heavy atom. The molecular formula is C9H11NS. The van der Waals surface area contributed by atoms with Crippen LogP contribution in [0, 0.1) is 6.92 Å². The molecule has 11 heavy (non-hydrogen) atoms. The average Bonchev–Trinajstić information content (AvgIpc) is 2.26. The van der Waals surface area contributed by atoms with Crippen LogP contribution in [0.2, 0.25) is 0 Å². The molecule has 0 aromatic carbocycles. The van der Waals surface area contributed by atoms with Crippen molar-refractivity contribution in [1.82, 2.24) is 4.98 Å². The number of hydrogen-bond donors (Lipinski definition) is 0. The van der Waals surface area contributed by atoms with Crippen molar-refractivity contribution in [2.75, 3.05) is 0 Å². The Morgan fingerprint density at radius 1 is 1.55 bits per heavy atom. The molecule has 0 unspecified atom stereocenters. The van der Waals surface area contributed by atoms with Crippen molar-refractivity contribution < 1.29 is 0 Å². The number of allylic oxidation sites excluding steroid dienone is 2. The zero-order valence-electron chi connectivity index (χ0n) is 6.79. The zero-order chi connectivity index (χ0) is 8.27. The Hall–Kier alpha value is -0.890. The molecule has 0 bridgehead atoms. The molecule has 58 valence electrons. The Morgan fingerprint density at radius 3 is 2.73 bits per heavy atom. The second kappa shape index (κ2) is 3.49. The number of aryl methyl sites for hydroxylation is 1. The van der Waals surface area contributed by atoms with Crippen molar-refractivity contribution in [3.05, 3.63) is 27.0 Å². The van der Waals surface area contributed by atoms with E-state index in [1.807, 2.05) is 32.1 Å². The minimum absolute atomic E-state index is 0.991. The Balaban J connectivity index is 3.23. The lowest BCUT2D eigenvalue weighted by molar-refractivity contribution is 1.23. The molecule has 0 aliphatic rings. The maximum Gasteiger partial charge on any atom is 0.0907 e. The van der Waals surface area contributed by atoms with Crippen molar-refractivity contribution >= 4 is 24.0 Å². The molecule has 1 aromatic heterocycles. The van der Waals surface area contributed by atoms with Gasteiger partial charge in [0.15, 0.2) is 0 Å². The summed E-state index contributed by atoms with van der Waals surface area (Å²) in [4.78, 5) is 4.30. The Kier molecular flexibility index (Phi) is 2.60. The molecule has 0 atom stereocenters. The minimum atomic E-state index is 0.991. The standard InChI is InChI=1S/C9H11NS/c1-4-5-6-9-7(2)11-8(3)10-9/h4-6H,2H2,1,3H3/b5-4-,9-6+. The highest BCUT2D eigenvalue weighted by Gasteiger charge is 1.88. The van der Waals surface area contributed by atoms with Gasteiger partial charge in [-0.3, -0.25) is 0 Å². The molecule has 1 nitrogen and oxygen atoms in total. The van der Waals surface area contributed by atoms with Crippen LogP contribution in [0.15, 0.2) is 12.2 Å². The van der Waals surface area contributed by atoms with E-state index in [0.29, 0.717) is 0 Å². The van der Waals surface area contributed by atoms with Gasteiger partial charge >= 0.3 is 0 Å². The molecule has 0 amide bonds. The fourth-order valence-electron chi connectivity index (χ4n) is 0.803. The van der Waals surface area contributed by atoms with E-state index in [0.717, 1.165) is 14.9 Å². The lowest BCUT2D eigenvalue weighted by atomic mass is 10.4. The SMILES string of the molecule is C=c1sc(C)n/c1=C/C=C\C. The molecule has 1 rings (SSSR count). The van der Waals surface area contributed by atoms with Gasteiger partial charge in [0.1, 0.15) is 0 Å². The van der Waals surface area contributed by atoms with Gasteiger partial charge in [-0.2, -0.15) is 0 Å². The molecule has 1 heterocycles. The second-order valence-corrected chi connectivity index (χ2v) is 3.52. The summed E-state index contributed by atoms with van der Waals surface area (Å²) in [5, 5.41) is 2.07. The van der Waals surface area contributed by atoms with Gasteiger partial charge in [-0.25, -0.2) is 4.98 Å². The summed E-state index contributed by atoms with van der Waals surface area (Å²) in [5.74, 6) is 0. The first-order valence-electron chi connectivity index (χ1n) is 3.49. The van der Waals surface area contributed by atoms with Gasteiger partial charge < -0.3 is 0 Å². The molecule has 0 aliphatic carbocycles. The van der Waals surface area contributed by atoms with Gasteiger partial charge in [0, 0.05) is 4.53 Å². The monoisotopic (exact) mass is 165 g/mol. The van der Waals surface area contributed by atoms with Gasteiger partial charge in [0.05, 0.1) is 10.4 Å². The highest BCUT2D eigenvalue weighted by atomic mass is 32.1. The Labute approximate surface area is 70.4 Å². The maximum atomic E-state index is 4.30. The van der Waals surface area contributed by atoms with Crippen LogP contribution in [0.25, 0.3) is 12.7 Å². The van der Waals surface area contributed by atoms with Crippen LogP contribution >= 0.6 is 11.3 Å². The van der Waals surface area contributed by atoms with E-state index >= 15 is 0 Å². The van der Waals surface area contributed by atoms with Gasteiger partial charge in [0.25, 0.3) is 0 Å². The Bertz CT molecular complexity index is 359. The fraction of sp³-hybridized carbons (Fsp3) is 0.222. The van der Waals surface area contributed by atoms with E-state index in [1.165, 1.54) is 0 Å². The third-order valence-electron chi connectivity index (χ3n) is 1.28. The van der Waals surface area contributed by atoms with Gasteiger partial charge in [-0.1, -0.05) is 18.7 Å². The lowest BCUT2D eigenvalue weighted by Gasteiger charge is -1.71. The molecule has 0 spiro atoms. The van der Waals surface area contributed by atoms with E-state index < -0.39 is 0 Å². The van der Waals surface area contributed by atoms with Crippen molar-refractivity contribution in [3.8, 4) is 0 Å². The van der Waals surface area contributed by atoms with E-state index in [-0.39, 0.29) is 0 Å². The number of hydrogen-bond acceptors (Lipinski definition) is 2. The maximum absolute atomic E-state index is 4.30. The third-order valence-corrected chi connectivity index (χ3v) is 2.12. The van der Waals surface area contributed by atoms with Crippen LogP contribution in [0.3, 0.4) is 0 Å². The molecule has 0 saturated heterocycles. The molecule has 0 radical (unpaired) electrons. The summed E-state index contributed by atoms with van der Waals surface area (Å²) in [7, 11) is 0. The lowest BCUT2D eigenvalue weighted by Crippen LogP contribution is -2.18. The summed E-state index contributed by atoms with van der Waals surface area (Å²) >= 11 is 1.63. The van der Waals surface area contributed by atoms with Crippen LogP contribution in [0.1, 0.15) is 11.9 Å². The second-order valence-electron chi connectivity index (χ2n) is 2.23. The van der Waals surface area contributed by atoms with Crippen LogP contribution in [0.5, 0.6) is 0 Å². The van der Waals surface area contributed by atoms with E-state index in [2.05, 4.69) is 11.6 Å².